The molecular formula is C10H22O6. The third-order valence-electron chi connectivity index (χ3n) is 2.79. The fourth-order valence-electron chi connectivity index (χ4n) is 1.62. The van der Waals surface area contributed by atoms with Crippen LogP contribution >= 0.6 is 0 Å². The molecule has 0 bridgehead atoms. The summed E-state index contributed by atoms with van der Waals surface area (Å²) in [6.07, 6.45) is -5.70. The summed E-state index contributed by atoms with van der Waals surface area (Å²) in [6, 6.07) is 0. The number of rotatable bonds is 7. The van der Waals surface area contributed by atoms with Crippen LogP contribution in [0, 0.1) is 0 Å². The van der Waals surface area contributed by atoms with Crippen LogP contribution in [0.5, 0.6) is 0 Å². The molecule has 0 aromatic carbocycles. The lowest BCUT2D eigenvalue weighted by Gasteiger charge is -2.38. The molecule has 0 aliphatic rings. The van der Waals surface area contributed by atoms with Gasteiger partial charge in [-0.15, -0.1) is 0 Å². The summed E-state index contributed by atoms with van der Waals surface area (Å²) >= 11 is 0. The maximum atomic E-state index is 10.0. The molecule has 6 heteroatoms. The molecule has 5 atom stereocenters. The Hall–Kier alpha value is -0.240. The average Bonchev–Trinajstić information content (AvgIpc) is 2.25. The molecule has 0 radical (unpaired) electrons. The molecule has 6 N–H and O–H groups in total. The molecule has 6 nitrogen and oxygen atoms in total. The van der Waals surface area contributed by atoms with Gasteiger partial charge in [0.15, 0.2) is 0 Å². The molecule has 0 rings (SSSR count). The predicted molar refractivity (Wildman–Crippen MR) is 56.6 cm³/mol. The van der Waals surface area contributed by atoms with E-state index in [4.69, 9.17) is 10.2 Å². The zero-order valence-corrected chi connectivity index (χ0v) is 9.61. The number of hydrogen-bond acceptors (Lipinski definition) is 6. The summed E-state index contributed by atoms with van der Waals surface area (Å²) in [7, 11) is 0. The molecule has 0 aromatic rings. The van der Waals surface area contributed by atoms with E-state index in [1.54, 1.807) is 6.92 Å². The van der Waals surface area contributed by atoms with Crippen molar-refractivity contribution in [1.82, 2.24) is 0 Å². The van der Waals surface area contributed by atoms with Crippen LogP contribution in [0.4, 0.5) is 0 Å². The first-order valence-corrected chi connectivity index (χ1v) is 5.36. The Balaban J connectivity index is 4.79. The van der Waals surface area contributed by atoms with Crippen LogP contribution in [-0.2, 0) is 0 Å². The monoisotopic (exact) mass is 238 g/mol. The average molecular weight is 238 g/mol. The molecule has 0 amide bonds. The molecule has 16 heavy (non-hydrogen) atoms. The van der Waals surface area contributed by atoms with E-state index in [9.17, 15) is 20.4 Å². The van der Waals surface area contributed by atoms with Crippen LogP contribution in [0.1, 0.15) is 26.7 Å². The molecule has 98 valence electrons. The number of hydrogen-bond donors (Lipinski definition) is 6. The van der Waals surface area contributed by atoms with E-state index in [1.165, 1.54) is 6.92 Å². The van der Waals surface area contributed by atoms with E-state index in [1.807, 2.05) is 0 Å². The van der Waals surface area contributed by atoms with Crippen molar-refractivity contribution < 1.29 is 30.6 Å². The maximum Gasteiger partial charge on any atom is 0.119 e. The fraction of sp³-hybridized carbons (Fsp3) is 1.00. The first-order valence-electron chi connectivity index (χ1n) is 5.36. The molecule has 1 unspecified atom stereocenters. The van der Waals surface area contributed by atoms with Gasteiger partial charge in [-0.25, -0.2) is 0 Å². The van der Waals surface area contributed by atoms with Crippen molar-refractivity contribution in [3.05, 3.63) is 0 Å². The zero-order chi connectivity index (χ0) is 12.9. The third kappa shape index (κ3) is 3.38. The summed E-state index contributed by atoms with van der Waals surface area (Å²) in [6.45, 7) is 2.30. The Morgan fingerprint density at radius 3 is 1.94 bits per heavy atom. The summed E-state index contributed by atoms with van der Waals surface area (Å²) in [5.74, 6) is 0. The number of aliphatic hydroxyl groups excluding tert-OH is 5. The van der Waals surface area contributed by atoms with Crippen molar-refractivity contribution in [3.8, 4) is 0 Å². The molecule has 0 aliphatic heterocycles. The van der Waals surface area contributed by atoms with Gasteiger partial charge in [0.1, 0.15) is 23.9 Å². The lowest BCUT2D eigenvalue weighted by molar-refractivity contribution is -0.195. The van der Waals surface area contributed by atoms with Gasteiger partial charge < -0.3 is 30.6 Å². The zero-order valence-electron chi connectivity index (χ0n) is 9.61. The van der Waals surface area contributed by atoms with Crippen LogP contribution in [0.3, 0.4) is 0 Å². The minimum Gasteiger partial charge on any atom is -0.394 e. The summed E-state index contributed by atoms with van der Waals surface area (Å²) < 4.78 is 0. The Labute approximate surface area is 94.8 Å². The molecule has 0 saturated carbocycles. The van der Waals surface area contributed by atoms with Crippen molar-refractivity contribution in [2.24, 2.45) is 0 Å². The Kier molecular flexibility index (Phi) is 6.39. The highest BCUT2D eigenvalue weighted by molar-refractivity contribution is 4.96. The van der Waals surface area contributed by atoms with E-state index in [2.05, 4.69) is 0 Å². The van der Waals surface area contributed by atoms with Crippen LogP contribution in [-0.4, -0.2) is 67.3 Å². The molecule has 0 saturated heterocycles. The quantitative estimate of drug-likeness (QED) is 0.304. The van der Waals surface area contributed by atoms with E-state index in [-0.39, 0.29) is 6.42 Å². The minimum absolute atomic E-state index is 0.0705. The molecule has 0 aromatic heterocycles. The normalized spacial score (nSPS) is 23.2. The van der Waals surface area contributed by atoms with Gasteiger partial charge in [0, 0.05) is 0 Å². The first-order chi connectivity index (χ1) is 7.31. The SMILES string of the molecule is CCC[C@](O)(C(C)O)[C@@H](O)[C@H](O)[C@H](O)CO. The predicted octanol–water partition coefficient (Wildman–Crippen LogP) is -2.03. The summed E-state index contributed by atoms with van der Waals surface area (Å²) in [5.41, 5.74) is -1.90. The van der Waals surface area contributed by atoms with Gasteiger partial charge in [0.05, 0.1) is 12.7 Å². The van der Waals surface area contributed by atoms with Crippen LogP contribution in [0.25, 0.3) is 0 Å². The van der Waals surface area contributed by atoms with Gasteiger partial charge in [0.2, 0.25) is 0 Å². The molecule has 0 fully saturated rings. The van der Waals surface area contributed by atoms with E-state index < -0.39 is 36.6 Å². The summed E-state index contributed by atoms with van der Waals surface area (Å²) in [5, 5.41) is 56.4. The minimum atomic E-state index is -1.90. The molecular weight excluding hydrogens is 216 g/mol. The van der Waals surface area contributed by atoms with Crippen LogP contribution in [0.15, 0.2) is 0 Å². The standard InChI is InChI=1S/C10H22O6/c1-3-4-10(16,6(2)12)9(15)8(14)7(13)5-11/h6-9,11-16H,3-5H2,1-2H3/t6?,7-,8-,9+,10+/m1/s1. The molecule has 0 aliphatic carbocycles. The highest BCUT2D eigenvalue weighted by Gasteiger charge is 2.45. The van der Waals surface area contributed by atoms with Crippen LogP contribution in [0.2, 0.25) is 0 Å². The van der Waals surface area contributed by atoms with Crippen molar-refractivity contribution >= 4 is 0 Å². The maximum absolute atomic E-state index is 10.0. The molecule has 0 heterocycles. The van der Waals surface area contributed by atoms with E-state index >= 15 is 0 Å². The smallest absolute Gasteiger partial charge is 0.119 e. The van der Waals surface area contributed by atoms with Gasteiger partial charge in [-0.3, -0.25) is 0 Å². The van der Waals surface area contributed by atoms with Gasteiger partial charge >= 0.3 is 0 Å². The first kappa shape index (κ1) is 15.8. The Bertz CT molecular complexity index is 198. The second-order valence-corrected chi connectivity index (χ2v) is 4.10. The summed E-state index contributed by atoms with van der Waals surface area (Å²) in [4.78, 5) is 0. The van der Waals surface area contributed by atoms with Gasteiger partial charge in [-0.1, -0.05) is 13.3 Å². The van der Waals surface area contributed by atoms with Crippen molar-refractivity contribution in [1.29, 1.82) is 0 Å². The lowest BCUT2D eigenvalue weighted by Crippen LogP contribution is -2.58. The Morgan fingerprint density at radius 1 is 1.12 bits per heavy atom. The van der Waals surface area contributed by atoms with Gasteiger partial charge in [0.25, 0.3) is 0 Å². The largest absolute Gasteiger partial charge is 0.394 e. The topological polar surface area (TPSA) is 121 Å². The van der Waals surface area contributed by atoms with Crippen molar-refractivity contribution in [3.63, 3.8) is 0 Å². The fourth-order valence-corrected chi connectivity index (χ4v) is 1.62. The Morgan fingerprint density at radius 2 is 1.62 bits per heavy atom. The second kappa shape index (κ2) is 6.48. The van der Waals surface area contributed by atoms with Crippen LogP contribution < -0.4 is 0 Å². The highest BCUT2D eigenvalue weighted by atomic mass is 16.4. The molecule has 0 spiro atoms. The van der Waals surface area contributed by atoms with Crippen molar-refractivity contribution in [2.75, 3.05) is 6.61 Å². The lowest BCUT2D eigenvalue weighted by atomic mass is 9.82. The van der Waals surface area contributed by atoms with Gasteiger partial charge in [-0.2, -0.15) is 0 Å². The van der Waals surface area contributed by atoms with E-state index in [0.29, 0.717) is 6.42 Å². The van der Waals surface area contributed by atoms with E-state index in [0.717, 1.165) is 0 Å². The number of aliphatic hydroxyl groups is 6. The second-order valence-electron chi connectivity index (χ2n) is 4.10. The van der Waals surface area contributed by atoms with Crippen molar-refractivity contribution in [2.45, 2.75) is 56.7 Å². The highest BCUT2D eigenvalue weighted by Crippen LogP contribution is 2.25. The van der Waals surface area contributed by atoms with Gasteiger partial charge in [-0.05, 0) is 13.3 Å². The third-order valence-corrected chi connectivity index (χ3v) is 2.79.